The Hall–Kier alpha value is -2.34. The van der Waals surface area contributed by atoms with E-state index in [-0.39, 0.29) is 30.4 Å². The maximum atomic E-state index is 12.0. The van der Waals surface area contributed by atoms with Crippen LogP contribution in [0, 0.1) is 0 Å². The number of halogens is 1. The minimum Gasteiger partial charge on any atom is -0.335 e. The van der Waals surface area contributed by atoms with Crippen LogP contribution in [0.2, 0.25) is 5.02 Å². The third-order valence-corrected chi connectivity index (χ3v) is 4.07. The lowest BCUT2D eigenvalue weighted by Crippen LogP contribution is -2.62. The Morgan fingerprint density at radius 3 is 2.64 bits per heavy atom. The number of likely N-dealkylation sites (tertiary alicyclic amines) is 1. The van der Waals surface area contributed by atoms with Crippen LogP contribution < -0.4 is 5.32 Å². The largest absolute Gasteiger partial charge is 0.335 e. The van der Waals surface area contributed by atoms with Gasteiger partial charge in [0.25, 0.3) is 0 Å². The van der Waals surface area contributed by atoms with Crippen LogP contribution in [0.4, 0.5) is 4.79 Å². The van der Waals surface area contributed by atoms with E-state index >= 15 is 0 Å². The lowest BCUT2D eigenvalue weighted by Gasteiger charge is -2.41. The molecule has 2 saturated heterocycles. The molecule has 0 unspecified atom stereocenters. The minimum atomic E-state index is -0.381. The van der Waals surface area contributed by atoms with Gasteiger partial charge in [0, 0.05) is 24.2 Å². The SMILES string of the molecule is O=C(C=Cc1ccccc1Cl)N1CC(N2C(=O)CNC2=O)C1. The third-order valence-electron chi connectivity index (χ3n) is 3.73. The van der Waals surface area contributed by atoms with Gasteiger partial charge in [0.1, 0.15) is 0 Å². The van der Waals surface area contributed by atoms with E-state index < -0.39 is 0 Å². The van der Waals surface area contributed by atoms with Gasteiger partial charge in [-0.25, -0.2) is 4.79 Å². The van der Waals surface area contributed by atoms with E-state index in [4.69, 9.17) is 11.6 Å². The molecule has 0 saturated carbocycles. The summed E-state index contributed by atoms with van der Waals surface area (Å²) in [6.07, 6.45) is 3.11. The number of carbonyl (C=O) groups is 3. The molecule has 114 valence electrons. The summed E-state index contributed by atoms with van der Waals surface area (Å²) < 4.78 is 0. The quantitative estimate of drug-likeness (QED) is 0.670. The number of hydrogen-bond donors (Lipinski definition) is 1. The van der Waals surface area contributed by atoms with E-state index in [1.165, 1.54) is 11.0 Å². The van der Waals surface area contributed by atoms with Gasteiger partial charge in [-0.2, -0.15) is 0 Å². The van der Waals surface area contributed by atoms with Gasteiger partial charge < -0.3 is 10.2 Å². The van der Waals surface area contributed by atoms with Crippen molar-refractivity contribution in [2.45, 2.75) is 6.04 Å². The standard InChI is InChI=1S/C15H14ClN3O3/c16-12-4-2-1-3-10(12)5-6-13(20)18-8-11(9-18)19-14(21)7-17-15(19)22/h1-6,11H,7-9H2,(H,17,22). The predicted octanol–water partition coefficient (Wildman–Crippen LogP) is 1.12. The molecule has 2 aliphatic heterocycles. The van der Waals surface area contributed by atoms with Crippen molar-refractivity contribution in [2.24, 2.45) is 0 Å². The van der Waals surface area contributed by atoms with E-state index in [1.54, 1.807) is 17.0 Å². The molecule has 1 N–H and O–H groups in total. The Morgan fingerprint density at radius 2 is 2.00 bits per heavy atom. The number of hydrogen-bond acceptors (Lipinski definition) is 3. The van der Waals surface area contributed by atoms with Crippen LogP contribution in [0.3, 0.4) is 0 Å². The highest BCUT2D eigenvalue weighted by Gasteiger charge is 2.42. The summed E-state index contributed by atoms with van der Waals surface area (Å²) in [5.74, 6) is -0.406. The lowest BCUT2D eigenvalue weighted by molar-refractivity contribution is -0.138. The Morgan fingerprint density at radius 1 is 1.27 bits per heavy atom. The molecule has 0 atom stereocenters. The zero-order chi connectivity index (χ0) is 15.7. The van der Waals surface area contributed by atoms with E-state index in [2.05, 4.69) is 5.32 Å². The smallest absolute Gasteiger partial charge is 0.324 e. The zero-order valence-corrected chi connectivity index (χ0v) is 12.4. The predicted molar refractivity (Wildman–Crippen MR) is 81.1 cm³/mol. The summed E-state index contributed by atoms with van der Waals surface area (Å²) in [6, 6.07) is 6.62. The Balaban J connectivity index is 1.57. The van der Waals surface area contributed by atoms with Gasteiger partial charge in [0.15, 0.2) is 0 Å². The van der Waals surface area contributed by atoms with Gasteiger partial charge in [0.05, 0.1) is 12.6 Å². The highest BCUT2D eigenvalue weighted by atomic mass is 35.5. The molecule has 4 amide bonds. The first-order valence-electron chi connectivity index (χ1n) is 6.87. The van der Waals surface area contributed by atoms with E-state index in [1.807, 2.05) is 18.2 Å². The summed E-state index contributed by atoms with van der Waals surface area (Å²) in [6.45, 7) is 0.769. The second kappa shape index (κ2) is 5.81. The normalized spacial score (nSPS) is 18.8. The Kier molecular flexibility index (Phi) is 3.85. The highest BCUT2D eigenvalue weighted by Crippen LogP contribution is 2.20. The summed E-state index contributed by atoms with van der Waals surface area (Å²) in [4.78, 5) is 37.9. The molecule has 1 aromatic carbocycles. The number of carbonyl (C=O) groups excluding carboxylic acids is 3. The molecular weight excluding hydrogens is 306 g/mol. The summed E-state index contributed by atoms with van der Waals surface area (Å²) >= 11 is 6.01. The molecule has 22 heavy (non-hydrogen) atoms. The van der Waals surface area contributed by atoms with Crippen LogP contribution in [0.5, 0.6) is 0 Å². The molecule has 2 heterocycles. The number of nitrogens with zero attached hydrogens (tertiary/aromatic N) is 2. The number of amides is 4. The van der Waals surface area contributed by atoms with Gasteiger partial charge >= 0.3 is 6.03 Å². The van der Waals surface area contributed by atoms with Crippen molar-refractivity contribution < 1.29 is 14.4 Å². The van der Waals surface area contributed by atoms with E-state index in [9.17, 15) is 14.4 Å². The van der Waals surface area contributed by atoms with Crippen molar-refractivity contribution in [1.29, 1.82) is 0 Å². The molecule has 0 aliphatic carbocycles. The fourth-order valence-electron chi connectivity index (χ4n) is 2.48. The first kappa shape index (κ1) is 14.6. The van der Waals surface area contributed by atoms with Crippen LogP contribution in [-0.2, 0) is 9.59 Å². The maximum Gasteiger partial charge on any atom is 0.324 e. The average Bonchev–Trinajstić information content (AvgIpc) is 2.77. The van der Waals surface area contributed by atoms with Crippen LogP contribution in [-0.4, -0.2) is 53.3 Å². The number of benzene rings is 1. The first-order valence-corrected chi connectivity index (χ1v) is 7.25. The molecule has 2 aliphatic rings. The Labute approximate surface area is 132 Å². The van der Waals surface area contributed by atoms with Crippen LogP contribution in [0.1, 0.15) is 5.56 Å². The van der Waals surface area contributed by atoms with Crippen molar-refractivity contribution in [3.05, 3.63) is 40.9 Å². The number of imide groups is 1. The van der Waals surface area contributed by atoms with E-state index in [0.29, 0.717) is 18.1 Å². The van der Waals surface area contributed by atoms with Crippen molar-refractivity contribution >= 4 is 35.5 Å². The van der Waals surface area contributed by atoms with Gasteiger partial charge in [0.2, 0.25) is 11.8 Å². The molecule has 7 heteroatoms. The second-order valence-corrected chi connectivity index (χ2v) is 5.58. The fraction of sp³-hybridized carbons (Fsp3) is 0.267. The molecule has 2 fully saturated rings. The summed E-state index contributed by atoms with van der Waals surface area (Å²) in [7, 11) is 0. The molecular formula is C15H14ClN3O3. The van der Waals surface area contributed by atoms with Crippen molar-refractivity contribution in [2.75, 3.05) is 19.6 Å². The zero-order valence-electron chi connectivity index (χ0n) is 11.7. The van der Waals surface area contributed by atoms with Crippen LogP contribution >= 0.6 is 11.6 Å². The molecule has 0 aromatic heterocycles. The monoisotopic (exact) mass is 319 g/mol. The minimum absolute atomic E-state index is 0.0374. The maximum absolute atomic E-state index is 12.0. The third kappa shape index (κ3) is 2.69. The van der Waals surface area contributed by atoms with Gasteiger partial charge in [-0.15, -0.1) is 0 Å². The topological polar surface area (TPSA) is 69.7 Å². The molecule has 6 nitrogen and oxygen atoms in total. The number of nitrogens with one attached hydrogen (secondary N) is 1. The van der Waals surface area contributed by atoms with Crippen LogP contribution in [0.15, 0.2) is 30.3 Å². The molecule has 3 rings (SSSR count). The molecule has 0 radical (unpaired) electrons. The molecule has 0 spiro atoms. The first-order chi connectivity index (χ1) is 10.6. The van der Waals surface area contributed by atoms with Gasteiger partial charge in [-0.05, 0) is 17.7 Å². The average molecular weight is 320 g/mol. The Bertz CT molecular complexity index is 652. The summed E-state index contributed by atoms with van der Waals surface area (Å²) in [5, 5.41) is 3.05. The fourth-order valence-corrected chi connectivity index (χ4v) is 2.68. The van der Waals surface area contributed by atoms with Crippen molar-refractivity contribution in [3.8, 4) is 0 Å². The lowest BCUT2D eigenvalue weighted by atomic mass is 10.1. The number of urea groups is 1. The van der Waals surface area contributed by atoms with Gasteiger partial charge in [-0.3, -0.25) is 14.5 Å². The van der Waals surface area contributed by atoms with Gasteiger partial charge in [-0.1, -0.05) is 29.8 Å². The second-order valence-electron chi connectivity index (χ2n) is 5.17. The van der Waals surface area contributed by atoms with Crippen molar-refractivity contribution in [1.82, 2.24) is 15.1 Å². The highest BCUT2D eigenvalue weighted by molar-refractivity contribution is 6.32. The molecule has 1 aromatic rings. The van der Waals surface area contributed by atoms with Crippen LogP contribution in [0.25, 0.3) is 6.08 Å². The van der Waals surface area contributed by atoms with Crippen molar-refractivity contribution in [3.63, 3.8) is 0 Å². The summed E-state index contributed by atoms with van der Waals surface area (Å²) in [5.41, 5.74) is 0.767. The van der Waals surface area contributed by atoms with E-state index in [0.717, 1.165) is 5.56 Å². The number of rotatable bonds is 3. The molecule has 0 bridgehead atoms.